The molecule has 0 aliphatic rings. The summed E-state index contributed by atoms with van der Waals surface area (Å²) in [6, 6.07) is 16.8. The van der Waals surface area contributed by atoms with E-state index in [-0.39, 0.29) is 0 Å². The lowest BCUT2D eigenvalue weighted by Gasteiger charge is -2.09. The van der Waals surface area contributed by atoms with Crippen molar-refractivity contribution in [1.29, 1.82) is 0 Å². The molecule has 0 spiro atoms. The van der Waals surface area contributed by atoms with Gasteiger partial charge in [0.25, 0.3) is 0 Å². The van der Waals surface area contributed by atoms with Gasteiger partial charge >= 0.3 is 0 Å². The summed E-state index contributed by atoms with van der Waals surface area (Å²) in [5.41, 5.74) is 3.82. The summed E-state index contributed by atoms with van der Waals surface area (Å²) in [5.74, 6) is 0.898. The maximum atomic E-state index is 5.67. The molecule has 0 radical (unpaired) electrons. The zero-order valence-corrected chi connectivity index (χ0v) is 13.5. The molecule has 0 saturated heterocycles. The highest BCUT2D eigenvalue weighted by molar-refractivity contribution is 5.28. The summed E-state index contributed by atoms with van der Waals surface area (Å²) in [6.45, 7) is 7.74. The Kier molecular flexibility index (Phi) is 6.94. The smallest absolute Gasteiger partial charge is 0.119 e. The molecule has 0 amide bonds. The van der Waals surface area contributed by atoms with Crippen LogP contribution in [0, 0.1) is 6.92 Å². The van der Waals surface area contributed by atoms with E-state index in [0.29, 0.717) is 13.2 Å². The van der Waals surface area contributed by atoms with Crippen molar-refractivity contribution in [2.24, 2.45) is 0 Å². The molecular formula is C19H25NO2. The Bertz CT molecular complexity index is 552. The topological polar surface area (TPSA) is 30.5 Å². The summed E-state index contributed by atoms with van der Waals surface area (Å²) in [4.78, 5) is 0. The van der Waals surface area contributed by atoms with E-state index in [9.17, 15) is 0 Å². The SMILES string of the molecule is CCOCCOc1cccc(CNCc2ccc(C)cc2)c1. The Balaban J connectivity index is 1.76. The lowest BCUT2D eigenvalue weighted by atomic mass is 10.1. The first kappa shape index (κ1) is 16.5. The standard InChI is InChI=1S/C19H25NO2/c1-3-21-11-12-22-19-6-4-5-18(13-19)15-20-14-17-9-7-16(2)8-10-17/h4-10,13,20H,3,11-12,14-15H2,1-2H3. The average molecular weight is 299 g/mol. The maximum absolute atomic E-state index is 5.67. The van der Waals surface area contributed by atoms with E-state index < -0.39 is 0 Å². The van der Waals surface area contributed by atoms with Crippen molar-refractivity contribution in [1.82, 2.24) is 5.32 Å². The molecule has 0 aliphatic heterocycles. The van der Waals surface area contributed by atoms with E-state index >= 15 is 0 Å². The fourth-order valence-electron chi connectivity index (χ4n) is 2.17. The van der Waals surface area contributed by atoms with Crippen molar-refractivity contribution in [2.45, 2.75) is 26.9 Å². The number of hydrogen-bond acceptors (Lipinski definition) is 3. The maximum Gasteiger partial charge on any atom is 0.119 e. The molecule has 2 aromatic carbocycles. The second-order valence-corrected chi connectivity index (χ2v) is 5.28. The van der Waals surface area contributed by atoms with Gasteiger partial charge in [0, 0.05) is 19.7 Å². The minimum atomic E-state index is 0.591. The molecule has 1 N–H and O–H groups in total. The van der Waals surface area contributed by atoms with Gasteiger partial charge in [-0.2, -0.15) is 0 Å². The number of hydrogen-bond donors (Lipinski definition) is 1. The van der Waals surface area contributed by atoms with E-state index in [4.69, 9.17) is 9.47 Å². The monoisotopic (exact) mass is 299 g/mol. The second kappa shape index (κ2) is 9.23. The van der Waals surface area contributed by atoms with Crippen LogP contribution in [0.3, 0.4) is 0 Å². The van der Waals surface area contributed by atoms with Gasteiger partial charge in [-0.1, -0.05) is 42.0 Å². The predicted octanol–water partition coefficient (Wildman–Crippen LogP) is 3.70. The van der Waals surface area contributed by atoms with Crippen molar-refractivity contribution >= 4 is 0 Å². The van der Waals surface area contributed by atoms with Gasteiger partial charge in [0.15, 0.2) is 0 Å². The van der Waals surface area contributed by atoms with Crippen molar-refractivity contribution in [3.8, 4) is 5.75 Å². The van der Waals surface area contributed by atoms with Gasteiger partial charge in [0.1, 0.15) is 12.4 Å². The number of nitrogens with one attached hydrogen (secondary N) is 1. The van der Waals surface area contributed by atoms with Crippen LogP contribution < -0.4 is 10.1 Å². The first-order valence-electron chi connectivity index (χ1n) is 7.83. The Hall–Kier alpha value is -1.84. The summed E-state index contributed by atoms with van der Waals surface area (Å²) < 4.78 is 10.9. The van der Waals surface area contributed by atoms with Crippen LogP contribution in [0.4, 0.5) is 0 Å². The van der Waals surface area contributed by atoms with Gasteiger partial charge in [0.2, 0.25) is 0 Å². The van der Waals surface area contributed by atoms with Crippen molar-refractivity contribution < 1.29 is 9.47 Å². The molecule has 22 heavy (non-hydrogen) atoms. The molecule has 0 saturated carbocycles. The van der Waals surface area contributed by atoms with Crippen molar-refractivity contribution in [3.63, 3.8) is 0 Å². The molecule has 0 aromatic heterocycles. The minimum Gasteiger partial charge on any atom is -0.491 e. The van der Waals surface area contributed by atoms with E-state index in [2.05, 4.69) is 48.6 Å². The highest BCUT2D eigenvalue weighted by Crippen LogP contribution is 2.13. The van der Waals surface area contributed by atoms with E-state index in [1.54, 1.807) is 0 Å². The third kappa shape index (κ3) is 5.88. The number of aryl methyl sites for hydroxylation is 1. The molecule has 0 heterocycles. The summed E-state index contributed by atoms with van der Waals surface area (Å²) >= 11 is 0. The van der Waals surface area contributed by atoms with E-state index in [0.717, 1.165) is 25.4 Å². The minimum absolute atomic E-state index is 0.591. The van der Waals surface area contributed by atoms with Gasteiger partial charge in [-0.3, -0.25) is 0 Å². The summed E-state index contributed by atoms with van der Waals surface area (Å²) in [7, 11) is 0. The van der Waals surface area contributed by atoms with Gasteiger partial charge in [-0.15, -0.1) is 0 Å². The highest BCUT2D eigenvalue weighted by Gasteiger charge is 1.98. The lowest BCUT2D eigenvalue weighted by Crippen LogP contribution is -2.13. The first-order chi connectivity index (χ1) is 10.8. The van der Waals surface area contributed by atoms with Crippen LogP contribution >= 0.6 is 0 Å². The number of rotatable bonds is 9. The van der Waals surface area contributed by atoms with Crippen molar-refractivity contribution in [3.05, 3.63) is 65.2 Å². The van der Waals surface area contributed by atoms with Crippen LogP contribution in [0.25, 0.3) is 0 Å². The predicted molar refractivity (Wildman–Crippen MR) is 90.2 cm³/mol. The van der Waals surface area contributed by atoms with Gasteiger partial charge in [-0.05, 0) is 37.1 Å². The highest BCUT2D eigenvalue weighted by atomic mass is 16.5. The Labute approximate surface area is 133 Å². The summed E-state index contributed by atoms with van der Waals surface area (Å²) in [5, 5.41) is 3.46. The van der Waals surface area contributed by atoms with E-state index in [1.807, 2.05) is 19.1 Å². The molecule has 2 rings (SSSR count). The van der Waals surface area contributed by atoms with Gasteiger partial charge in [0.05, 0.1) is 6.61 Å². The molecule has 118 valence electrons. The number of benzene rings is 2. The molecule has 0 bridgehead atoms. The fourth-order valence-corrected chi connectivity index (χ4v) is 2.17. The Morgan fingerprint density at radius 1 is 0.909 bits per heavy atom. The molecular weight excluding hydrogens is 274 g/mol. The largest absolute Gasteiger partial charge is 0.491 e. The fraction of sp³-hybridized carbons (Fsp3) is 0.368. The zero-order chi connectivity index (χ0) is 15.6. The second-order valence-electron chi connectivity index (χ2n) is 5.28. The molecule has 0 atom stereocenters. The molecule has 3 nitrogen and oxygen atoms in total. The Morgan fingerprint density at radius 3 is 2.45 bits per heavy atom. The molecule has 0 unspecified atom stereocenters. The van der Waals surface area contributed by atoms with E-state index in [1.165, 1.54) is 16.7 Å². The van der Waals surface area contributed by atoms with Crippen LogP contribution in [-0.4, -0.2) is 19.8 Å². The average Bonchev–Trinajstić information content (AvgIpc) is 2.54. The molecule has 0 fully saturated rings. The third-order valence-corrected chi connectivity index (χ3v) is 3.38. The Morgan fingerprint density at radius 2 is 1.68 bits per heavy atom. The quantitative estimate of drug-likeness (QED) is 0.716. The van der Waals surface area contributed by atoms with Crippen LogP contribution in [0.1, 0.15) is 23.6 Å². The lowest BCUT2D eigenvalue weighted by molar-refractivity contribution is 0.110. The number of ether oxygens (including phenoxy) is 2. The molecule has 3 heteroatoms. The van der Waals surface area contributed by atoms with Gasteiger partial charge in [-0.25, -0.2) is 0 Å². The van der Waals surface area contributed by atoms with Crippen molar-refractivity contribution in [2.75, 3.05) is 19.8 Å². The van der Waals surface area contributed by atoms with Crippen LogP contribution in [0.15, 0.2) is 48.5 Å². The summed E-state index contributed by atoms with van der Waals surface area (Å²) in [6.07, 6.45) is 0. The molecule has 0 aliphatic carbocycles. The van der Waals surface area contributed by atoms with Crippen LogP contribution in [0.2, 0.25) is 0 Å². The first-order valence-corrected chi connectivity index (χ1v) is 7.83. The van der Waals surface area contributed by atoms with Gasteiger partial charge < -0.3 is 14.8 Å². The normalized spacial score (nSPS) is 10.6. The third-order valence-electron chi connectivity index (χ3n) is 3.38. The zero-order valence-electron chi connectivity index (χ0n) is 13.5. The van der Waals surface area contributed by atoms with Crippen LogP contribution in [0.5, 0.6) is 5.75 Å². The van der Waals surface area contributed by atoms with Crippen LogP contribution in [-0.2, 0) is 17.8 Å². The molecule has 2 aromatic rings.